The highest BCUT2D eigenvalue weighted by Crippen LogP contribution is 2.36. The second-order valence-corrected chi connectivity index (χ2v) is 5.71. The van der Waals surface area contributed by atoms with Crippen LogP contribution in [0.4, 0.5) is 0 Å². The third-order valence-corrected chi connectivity index (χ3v) is 4.55. The normalized spacial score (nSPS) is 13.7. The van der Waals surface area contributed by atoms with Crippen LogP contribution >= 0.6 is 11.3 Å². The maximum Gasteiger partial charge on any atom is 0.0792 e. The highest BCUT2D eigenvalue weighted by molar-refractivity contribution is 7.17. The number of nitrogens with zero attached hydrogens (tertiary/aromatic N) is 1. The standard InChI is InChI=1S/C17H13NS/c1-2-6-12(7-3-1)16-14-10-11-19-17(14)13-8-4-5-9-15(13)18-16/h1-4,6-8,10-11H,5,9H2. The maximum atomic E-state index is 4.94. The van der Waals surface area contributed by atoms with E-state index in [1.807, 2.05) is 11.3 Å². The average molecular weight is 263 g/mol. The highest BCUT2D eigenvalue weighted by atomic mass is 32.1. The molecular formula is C17H13NS. The molecule has 19 heavy (non-hydrogen) atoms. The van der Waals surface area contributed by atoms with Gasteiger partial charge in [0.05, 0.1) is 11.4 Å². The van der Waals surface area contributed by atoms with Gasteiger partial charge in [0.15, 0.2) is 0 Å². The van der Waals surface area contributed by atoms with Crippen molar-refractivity contribution in [3.63, 3.8) is 0 Å². The summed E-state index contributed by atoms with van der Waals surface area (Å²) in [6.07, 6.45) is 6.65. The molecule has 0 spiro atoms. The molecule has 92 valence electrons. The fraction of sp³-hybridized carbons (Fsp3) is 0.118. The Morgan fingerprint density at radius 1 is 1.05 bits per heavy atom. The van der Waals surface area contributed by atoms with E-state index < -0.39 is 0 Å². The van der Waals surface area contributed by atoms with Crippen LogP contribution in [0, 0.1) is 0 Å². The summed E-state index contributed by atoms with van der Waals surface area (Å²) in [5, 5.41) is 3.45. The Morgan fingerprint density at radius 2 is 1.95 bits per heavy atom. The van der Waals surface area contributed by atoms with E-state index in [0.717, 1.165) is 18.5 Å². The van der Waals surface area contributed by atoms with Crippen LogP contribution in [-0.2, 0) is 6.42 Å². The number of fused-ring (bicyclic) bond motifs is 3. The quantitative estimate of drug-likeness (QED) is 0.607. The van der Waals surface area contributed by atoms with Crippen LogP contribution in [0.3, 0.4) is 0 Å². The van der Waals surface area contributed by atoms with Crippen LogP contribution in [0.15, 0.2) is 47.9 Å². The molecule has 0 amide bonds. The number of hydrogen-bond donors (Lipinski definition) is 0. The van der Waals surface area contributed by atoms with Gasteiger partial charge >= 0.3 is 0 Å². The zero-order valence-electron chi connectivity index (χ0n) is 10.5. The first kappa shape index (κ1) is 10.9. The van der Waals surface area contributed by atoms with Gasteiger partial charge < -0.3 is 0 Å². The summed E-state index contributed by atoms with van der Waals surface area (Å²) in [5.74, 6) is 0. The van der Waals surface area contributed by atoms with Crippen molar-refractivity contribution in [1.29, 1.82) is 0 Å². The molecule has 0 saturated carbocycles. The number of aromatic nitrogens is 1. The molecule has 1 aliphatic rings. The van der Waals surface area contributed by atoms with Crippen molar-refractivity contribution in [3.05, 3.63) is 59.1 Å². The van der Waals surface area contributed by atoms with Crippen molar-refractivity contribution in [2.45, 2.75) is 12.8 Å². The fourth-order valence-corrected chi connectivity index (χ4v) is 3.64. The molecule has 2 aromatic heterocycles. The highest BCUT2D eigenvalue weighted by Gasteiger charge is 2.15. The fourth-order valence-electron chi connectivity index (χ4n) is 2.69. The molecule has 0 fully saturated rings. The molecule has 0 unspecified atom stereocenters. The number of benzene rings is 1. The third-order valence-electron chi connectivity index (χ3n) is 3.60. The number of pyridine rings is 1. The van der Waals surface area contributed by atoms with Gasteiger partial charge in [0.25, 0.3) is 0 Å². The minimum absolute atomic E-state index is 1.06. The van der Waals surface area contributed by atoms with Crippen molar-refractivity contribution in [3.8, 4) is 11.3 Å². The van der Waals surface area contributed by atoms with Crippen LogP contribution in [0.25, 0.3) is 27.4 Å². The summed E-state index contributed by atoms with van der Waals surface area (Å²) in [5.41, 5.74) is 4.92. The van der Waals surface area contributed by atoms with Gasteiger partial charge in [-0.25, -0.2) is 0 Å². The topological polar surface area (TPSA) is 12.9 Å². The van der Waals surface area contributed by atoms with Gasteiger partial charge in [-0.15, -0.1) is 11.3 Å². The minimum atomic E-state index is 1.06. The van der Waals surface area contributed by atoms with Crippen molar-refractivity contribution in [2.24, 2.45) is 0 Å². The van der Waals surface area contributed by atoms with E-state index in [4.69, 9.17) is 4.98 Å². The number of rotatable bonds is 1. The van der Waals surface area contributed by atoms with Gasteiger partial charge in [-0.1, -0.05) is 42.5 Å². The van der Waals surface area contributed by atoms with Crippen LogP contribution in [0.1, 0.15) is 17.7 Å². The van der Waals surface area contributed by atoms with Gasteiger partial charge in [0.2, 0.25) is 0 Å². The second-order valence-electron chi connectivity index (χ2n) is 4.79. The van der Waals surface area contributed by atoms with E-state index >= 15 is 0 Å². The summed E-state index contributed by atoms with van der Waals surface area (Å²) in [4.78, 5) is 4.94. The van der Waals surface area contributed by atoms with E-state index in [9.17, 15) is 0 Å². The lowest BCUT2D eigenvalue weighted by Crippen LogP contribution is -2.00. The molecule has 0 atom stereocenters. The molecule has 0 bridgehead atoms. The molecule has 2 heteroatoms. The summed E-state index contributed by atoms with van der Waals surface area (Å²) < 4.78 is 1.37. The van der Waals surface area contributed by atoms with E-state index in [0.29, 0.717) is 0 Å². The molecule has 1 aliphatic carbocycles. The molecule has 1 nitrogen and oxygen atoms in total. The van der Waals surface area contributed by atoms with E-state index in [1.54, 1.807) is 0 Å². The number of hydrogen-bond acceptors (Lipinski definition) is 2. The van der Waals surface area contributed by atoms with Gasteiger partial charge in [0, 0.05) is 21.2 Å². The molecule has 0 radical (unpaired) electrons. The van der Waals surface area contributed by atoms with Crippen LogP contribution < -0.4 is 0 Å². The third kappa shape index (κ3) is 1.71. The van der Waals surface area contributed by atoms with Gasteiger partial charge in [-0.05, 0) is 24.3 Å². The molecule has 2 heterocycles. The van der Waals surface area contributed by atoms with Gasteiger partial charge in [0.1, 0.15) is 0 Å². The molecular weight excluding hydrogens is 250 g/mol. The molecule has 3 aromatic rings. The predicted molar refractivity (Wildman–Crippen MR) is 82.4 cm³/mol. The Morgan fingerprint density at radius 3 is 2.84 bits per heavy atom. The van der Waals surface area contributed by atoms with E-state index in [2.05, 4.69) is 53.9 Å². The van der Waals surface area contributed by atoms with Crippen molar-refractivity contribution in [2.75, 3.05) is 0 Å². The first-order chi connectivity index (χ1) is 9.43. The Balaban J connectivity index is 2.07. The summed E-state index contributed by atoms with van der Waals surface area (Å²) in [7, 11) is 0. The Kier molecular flexibility index (Phi) is 2.49. The van der Waals surface area contributed by atoms with Gasteiger partial charge in [-0.2, -0.15) is 0 Å². The van der Waals surface area contributed by atoms with Crippen molar-refractivity contribution >= 4 is 27.5 Å². The van der Waals surface area contributed by atoms with Crippen LogP contribution in [0.5, 0.6) is 0 Å². The monoisotopic (exact) mass is 263 g/mol. The molecule has 4 rings (SSSR count). The summed E-state index contributed by atoms with van der Waals surface area (Å²) in [6, 6.07) is 12.7. The number of thiophene rings is 1. The summed E-state index contributed by atoms with van der Waals surface area (Å²) in [6.45, 7) is 0. The first-order valence-electron chi connectivity index (χ1n) is 6.55. The lowest BCUT2D eigenvalue weighted by molar-refractivity contribution is 0.936. The molecule has 0 aliphatic heterocycles. The second kappa shape index (κ2) is 4.32. The average Bonchev–Trinajstić information content (AvgIpc) is 2.97. The van der Waals surface area contributed by atoms with Crippen LogP contribution in [0.2, 0.25) is 0 Å². The lowest BCUT2D eigenvalue weighted by atomic mass is 9.99. The molecule has 0 N–H and O–H groups in total. The zero-order chi connectivity index (χ0) is 12.7. The number of aryl methyl sites for hydroxylation is 1. The zero-order valence-corrected chi connectivity index (χ0v) is 11.3. The largest absolute Gasteiger partial charge is 0.251 e. The van der Waals surface area contributed by atoms with E-state index in [-0.39, 0.29) is 0 Å². The molecule has 1 aromatic carbocycles. The Labute approximate surface area is 116 Å². The van der Waals surface area contributed by atoms with Crippen LogP contribution in [-0.4, -0.2) is 4.98 Å². The summed E-state index contributed by atoms with van der Waals surface area (Å²) >= 11 is 1.82. The van der Waals surface area contributed by atoms with Gasteiger partial charge in [-0.3, -0.25) is 4.98 Å². The smallest absolute Gasteiger partial charge is 0.0792 e. The predicted octanol–water partition coefficient (Wildman–Crippen LogP) is 4.92. The Hall–Kier alpha value is -1.93. The Bertz CT molecular complexity index is 769. The van der Waals surface area contributed by atoms with E-state index in [1.165, 1.54) is 26.9 Å². The maximum absolute atomic E-state index is 4.94. The minimum Gasteiger partial charge on any atom is -0.251 e. The SMILES string of the molecule is C1=Cc2c(nc(-c3ccccc3)c3ccsc23)CC1. The van der Waals surface area contributed by atoms with Crippen molar-refractivity contribution in [1.82, 2.24) is 4.98 Å². The van der Waals surface area contributed by atoms with Crippen molar-refractivity contribution < 1.29 is 0 Å². The number of allylic oxidation sites excluding steroid dienone is 1. The molecule has 0 saturated heterocycles. The first-order valence-corrected chi connectivity index (χ1v) is 7.43. The lowest BCUT2D eigenvalue weighted by Gasteiger charge is -2.13.